The van der Waals surface area contributed by atoms with Gasteiger partial charge in [0.05, 0.1) is 5.02 Å². The van der Waals surface area contributed by atoms with E-state index in [1.807, 2.05) is 6.92 Å². The molecule has 0 spiro atoms. The molecule has 0 fully saturated rings. The van der Waals surface area contributed by atoms with Crippen LogP contribution in [0.4, 0.5) is 0 Å². The van der Waals surface area contributed by atoms with Crippen LogP contribution in [0.5, 0.6) is 0 Å². The van der Waals surface area contributed by atoms with Crippen LogP contribution in [0.1, 0.15) is 26.2 Å². The standard InChI is InChI=1S/C12H19ClN2O3S/c1-2-3-10(5-7-16)8-15-19(17,18)12-9-14-6-4-11(12)13/h4,6,9-10,15-16H,2-3,5,7-8H2,1H3. The van der Waals surface area contributed by atoms with Crippen LogP contribution in [-0.2, 0) is 10.0 Å². The van der Waals surface area contributed by atoms with Gasteiger partial charge in [0.1, 0.15) is 4.90 Å². The quantitative estimate of drug-likeness (QED) is 0.767. The lowest BCUT2D eigenvalue weighted by molar-refractivity contribution is 0.251. The summed E-state index contributed by atoms with van der Waals surface area (Å²) < 4.78 is 26.7. The second kappa shape index (κ2) is 7.79. The summed E-state index contributed by atoms with van der Waals surface area (Å²) in [6, 6.07) is 1.44. The van der Waals surface area contributed by atoms with Gasteiger partial charge in [-0.25, -0.2) is 13.1 Å². The summed E-state index contributed by atoms with van der Waals surface area (Å²) in [5.74, 6) is 0.125. The van der Waals surface area contributed by atoms with Crippen LogP contribution in [-0.4, -0.2) is 31.7 Å². The van der Waals surface area contributed by atoms with Crippen molar-refractivity contribution in [1.29, 1.82) is 0 Å². The lowest BCUT2D eigenvalue weighted by Gasteiger charge is -2.16. The molecule has 1 atom stereocenters. The summed E-state index contributed by atoms with van der Waals surface area (Å²) in [6.07, 6.45) is 5.06. The molecule has 1 aromatic rings. The Hall–Kier alpha value is -0.690. The van der Waals surface area contributed by atoms with Crippen molar-refractivity contribution in [1.82, 2.24) is 9.71 Å². The number of aliphatic hydroxyl groups excluding tert-OH is 1. The molecule has 0 aromatic carbocycles. The Morgan fingerprint density at radius 1 is 1.47 bits per heavy atom. The van der Waals surface area contributed by atoms with Crippen LogP contribution in [0.3, 0.4) is 0 Å². The van der Waals surface area contributed by atoms with Crippen molar-refractivity contribution < 1.29 is 13.5 Å². The second-order valence-corrected chi connectivity index (χ2v) is 6.47. The van der Waals surface area contributed by atoms with Gasteiger partial charge in [0, 0.05) is 25.5 Å². The van der Waals surface area contributed by atoms with Gasteiger partial charge in [-0.2, -0.15) is 0 Å². The third-order valence-corrected chi connectivity index (χ3v) is 4.71. The molecule has 1 unspecified atom stereocenters. The Morgan fingerprint density at radius 3 is 2.79 bits per heavy atom. The largest absolute Gasteiger partial charge is 0.396 e. The molecule has 1 aromatic heterocycles. The molecule has 19 heavy (non-hydrogen) atoms. The summed E-state index contributed by atoms with van der Waals surface area (Å²) in [5, 5.41) is 9.10. The molecular formula is C12H19ClN2O3S. The predicted octanol–water partition coefficient (Wildman–Crippen LogP) is 1.81. The fourth-order valence-electron chi connectivity index (χ4n) is 1.81. The molecule has 0 amide bonds. The van der Waals surface area contributed by atoms with E-state index >= 15 is 0 Å². The zero-order valence-electron chi connectivity index (χ0n) is 10.8. The Morgan fingerprint density at radius 2 is 2.21 bits per heavy atom. The van der Waals surface area contributed by atoms with E-state index in [0.717, 1.165) is 12.8 Å². The zero-order chi connectivity index (χ0) is 14.3. The predicted molar refractivity (Wildman–Crippen MR) is 74.5 cm³/mol. The maximum absolute atomic E-state index is 12.1. The number of aliphatic hydroxyl groups is 1. The minimum atomic E-state index is -3.65. The van der Waals surface area contributed by atoms with Crippen LogP contribution >= 0.6 is 11.6 Å². The minimum absolute atomic E-state index is 0.0177. The van der Waals surface area contributed by atoms with Gasteiger partial charge in [0.2, 0.25) is 10.0 Å². The Labute approximate surface area is 119 Å². The second-order valence-electron chi connectivity index (χ2n) is 4.32. The molecule has 0 aliphatic carbocycles. The number of hydrogen-bond acceptors (Lipinski definition) is 4. The summed E-state index contributed by atoms with van der Waals surface area (Å²) in [7, 11) is -3.65. The molecule has 108 valence electrons. The first kappa shape index (κ1) is 16.4. The van der Waals surface area contributed by atoms with Crippen molar-refractivity contribution in [2.24, 2.45) is 5.92 Å². The van der Waals surface area contributed by atoms with Crippen LogP contribution in [0.15, 0.2) is 23.4 Å². The fourth-order valence-corrected chi connectivity index (χ4v) is 3.35. The van der Waals surface area contributed by atoms with E-state index in [0.29, 0.717) is 13.0 Å². The average molecular weight is 307 g/mol. The number of nitrogens with one attached hydrogen (secondary N) is 1. The van der Waals surface area contributed by atoms with Crippen molar-refractivity contribution >= 4 is 21.6 Å². The number of rotatable bonds is 8. The van der Waals surface area contributed by atoms with Crippen LogP contribution in [0, 0.1) is 5.92 Å². The number of halogens is 1. The van der Waals surface area contributed by atoms with E-state index in [-0.39, 0.29) is 22.4 Å². The lowest BCUT2D eigenvalue weighted by atomic mass is 10.0. The van der Waals surface area contributed by atoms with Crippen molar-refractivity contribution in [2.45, 2.75) is 31.1 Å². The fraction of sp³-hybridized carbons (Fsp3) is 0.583. The molecule has 0 saturated heterocycles. The normalized spacial score (nSPS) is 13.4. The lowest BCUT2D eigenvalue weighted by Crippen LogP contribution is -2.30. The van der Waals surface area contributed by atoms with Crippen molar-refractivity contribution in [3.8, 4) is 0 Å². The molecule has 0 radical (unpaired) electrons. The number of hydrogen-bond donors (Lipinski definition) is 2. The van der Waals surface area contributed by atoms with Gasteiger partial charge in [-0.05, 0) is 24.8 Å². The molecule has 0 saturated carbocycles. The third-order valence-electron chi connectivity index (χ3n) is 2.82. The molecule has 7 heteroatoms. The summed E-state index contributed by atoms with van der Waals surface area (Å²) >= 11 is 5.85. The van der Waals surface area contributed by atoms with Crippen LogP contribution in [0.2, 0.25) is 5.02 Å². The molecule has 0 bridgehead atoms. The van der Waals surface area contributed by atoms with E-state index < -0.39 is 10.0 Å². The highest BCUT2D eigenvalue weighted by atomic mass is 35.5. The third kappa shape index (κ3) is 5.06. The smallest absolute Gasteiger partial charge is 0.243 e. The minimum Gasteiger partial charge on any atom is -0.396 e. The van der Waals surface area contributed by atoms with Gasteiger partial charge >= 0.3 is 0 Å². The molecule has 5 nitrogen and oxygen atoms in total. The van der Waals surface area contributed by atoms with Crippen LogP contribution < -0.4 is 4.72 Å². The summed E-state index contributed by atoms with van der Waals surface area (Å²) in [4.78, 5) is 3.75. The first-order chi connectivity index (χ1) is 9.01. The van der Waals surface area contributed by atoms with E-state index in [4.69, 9.17) is 16.7 Å². The van der Waals surface area contributed by atoms with Gasteiger partial charge in [-0.1, -0.05) is 24.9 Å². The van der Waals surface area contributed by atoms with Gasteiger partial charge in [-0.3, -0.25) is 4.98 Å². The van der Waals surface area contributed by atoms with Gasteiger partial charge in [0.15, 0.2) is 0 Å². The van der Waals surface area contributed by atoms with E-state index in [9.17, 15) is 8.42 Å². The Bertz CT molecular complexity index is 488. The van der Waals surface area contributed by atoms with E-state index in [1.54, 1.807) is 0 Å². The average Bonchev–Trinajstić information content (AvgIpc) is 2.37. The van der Waals surface area contributed by atoms with E-state index in [2.05, 4.69) is 9.71 Å². The Balaban J connectivity index is 2.72. The number of aromatic nitrogens is 1. The van der Waals surface area contributed by atoms with Gasteiger partial charge in [0.25, 0.3) is 0 Å². The van der Waals surface area contributed by atoms with Crippen molar-refractivity contribution in [3.05, 3.63) is 23.5 Å². The van der Waals surface area contributed by atoms with Crippen molar-refractivity contribution in [3.63, 3.8) is 0 Å². The topological polar surface area (TPSA) is 79.3 Å². The number of pyridine rings is 1. The SMILES string of the molecule is CCCC(CCO)CNS(=O)(=O)c1cnccc1Cl. The molecule has 0 aliphatic heterocycles. The van der Waals surface area contributed by atoms with Gasteiger partial charge < -0.3 is 5.11 Å². The number of nitrogens with zero attached hydrogens (tertiary/aromatic N) is 1. The molecular weight excluding hydrogens is 288 g/mol. The summed E-state index contributed by atoms with van der Waals surface area (Å²) in [5.41, 5.74) is 0. The maximum atomic E-state index is 12.1. The van der Waals surface area contributed by atoms with E-state index in [1.165, 1.54) is 18.5 Å². The Kier molecular flexibility index (Phi) is 6.71. The highest BCUT2D eigenvalue weighted by molar-refractivity contribution is 7.89. The van der Waals surface area contributed by atoms with Gasteiger partial charge in [-0.15, -0.1) is 0 Å². The maximum Gasteiger partial charge on any atom is 0.243 e. The first-order valence-electron chi connectivity index (χ1n) is 6.21. The molecule has 0 aliphatic rings. The van der Waals surface area contributed by atoms with Crippen molar-refractivity contribution in [2.75, 3.05) is 13.2 Å². The highest BCUT2D eigenvalue weighted by Gasteiger charge is 2.19. The number of sulfonamides is 1. The summed E-state index contributed by atoms with van der Waals surface area (Å²) in [6.45, 7) is 2.37. The molecule has 1 heterocycles. The molecule has 2 N–H and O–H groups in total. The monoisotopic (exact) mass is 306 g/mol. The first-order valence-corrected chi connectivity index (χ1v) is 8.07. The van der Waals surface area contributed by atoms with Crippen LogP contribution in [0.25, 0.3) is 0 Å². The zero-order valence-corrected chi connectivity index (χ0v) is 12.4. The molecule has 1 rings (SSSR count). The highest BCUT2D eigenvalue weighted by Crippen LogP contribution is 2.19.